The molecular formula is C12H12BrN3O4. The van der Waals surface area contributed by atoms with Gasteiger partial charge in [-0.2, -0.15) is 5.10 Å². The van der Waals surface area contributed by atoms with Crippen molar-refractivity contribution in [2.75, 3.05) is 11.9 Å². The van der Waals surface area contributed by atoms with Crippen LogP contribution in [-0.4, -0.2) is 28.3 Å². The summed E-state index contributed by atoms with van der Waals surface area (Å²) in [6.45, 7) is 1.94. The second-order valence-corrected chi connectivity index (χ2v) is 4.59. The topological polar surface area (TPSA) is 86.4 Å². The highest BCUT2D eigenvalue weighted by Crippen LogP contribution is 2.19. The summed E-state index contributed by atoms with van der Waals surface area (Å²) in [5, 5.41) is 6.51. The molecule has 0 bridgehead atoms. The Morgan fingerprint density at radius 1 is 1.50 bits per heavy atom. The maximum absolute atomic E-state index is 12.0. The molecule has 2 rings (SSSR count). The van der Waals surface area contributed by atoms with Crippen LogP contribution in [-0.2, 0) is 11.8 Å². The summed E-state index contributed by atoms with van der Waals surface area (Å²) in [7, 11) is 1.61. The average molecular weight is 342 g/mol. The molecule has 2 heterocycles. The zero-order valence-corrected chi connectivity index (χ0v) is 12.4. The second kappa shape index (κ2) is 5.91. The van der Waals surface area contributed by atoms with E-state index >= 15 is 0 Å². The number of aromatic nitrogens is 2. The monoisotopic (exact) mass is 341 g/mol. The smallest absolute Gasteiger partial charge is 0.343 e. The number of hydrogen-bond acceptors (Lipinski definition) is 5. The van der Waals surface area contributed by atoms with Gasteiger partial charge in [-0.25, -0.2) is 4.79 Å². The first kappa shape index (κ1) is 14.3. The van der Waals surface area contributed by atoms with E-state index in [0.29, 0.717) is 4.67 Å². The SMILES string of the molecule is CCOC(=O)c1cnn(C)c1NC(=O)c1ccc(Br)o1. The van der Waals surface area contributed by atoms with Gasteiger partial charge in [0.2, 0.25) is 0 Å². The molecule has 0 unspecified atom stereocenters. The normalized spacial score (nSPS) is 10.3. The molecule has 0 aliphatic rings. The molecule has 0 radical (unpaired) electrons. The second-order valence-electron chi connectivity index (χ2n) is 3.81. The Bertz CT molecular complexity index is 647. The summed E-state index contributed by atoms with van der Waals surface area (Å²) in [5.41, 5.74) is 0.188. The van der Waals surface area contributed by atoms with Gasteiger partial charge in [0, 0.05) is 7.05 Å². The Kier molecular flexibility index (Phi) is 4.23. The fourth-order valence-electron chi connectivity index (χ4n) is 1.55. The number of amides is 1. The van der Waals surface area contributed by atoms with Crippen LogP contribution >= 0.6 is 15.9 Å². The maximum Gasteiger partial charge on any atom is 0.343 e. The van der Waals surface area contributed by atoms with E-state index in [1.54, 1.807) is 20.0 Å². The third-order valence-electron chi connectivity index (χ3n) is 2.46. The molecule has 0 saturated carbocycles. The van der Waals surface area contributed by atoms with E-state index in [-0.39, 0.29) is 23.7 Å². The highest BCUT2D eigenvalue weighted by Gasteiger charge is 2.20. The van der Waals surface area contributed by atoms with Crippen molar-refractivity contribution in [2.24, 2.45) is 7.05 Å². The number of hydrogen-bond donors (Lipinski definition) is 1. The molecule has 8 heteroatoms. The van der Waals surface area contributed by atoms with Crippen LogP contribution in [0.2, 0.25) is 0 Å². The third kappa shape index (κ3) is 2.90. The van der Waals surface area contributed by atoms with Crippen LogP contribution in [0.3, 0.4) is 0 Å². The lowest BCUT2D eigenvalue weighted by molar-refractivity contribution is 0.0527. The zero-order chi connectivity index (χ0) is 14.7. The van der Waals surface area contributed by atoms with Crippen LogP contribution in [0.5, 0.6) is 0 Å². The van der Waals surface area contributed by atoms with E-state index < -0.39 is 11.9 Å². The molecule has 0 saturated heterocycles. The Morgan fingerprint density at radius 2 is 2.25 bits per heavy atom. The molecule has 2 aromatic rings. The van der Waals surface area contributed by atoms with E-state index in [9.17, 15) is 9.59 Å². The Balaban J connectivity index is 2.23. The van der Waals surface area contributed by atoms with E-state index in [4.69, 9.17) is 9.15 Å². The number of furan rings is 1. The quantitative estimate of drug-likeness (QED) is 0.861. The van der Waals surface area contributed by atoms with Crippen LogP contribution in [0.1, 0.15) is 27.8 Å². The molecule has 0 atom stereocenters. The zero-order valence-electron chi connectivity index (χ0n) is 10.8. The average Bonchev–Trinajstić information content (AvgIpc) is 2.98. The molecule has 106 valence electrons. The summed E-state index contributed by atoms with van der Waals surface area (Å²) in [4.78, 5) is 23.7. The largest absolute Gasteiger partial charge is 0.462 e. The molecule has 7 nitrogen and oxygen atoms in total. The van der Waals surface area contributed by atoms with Gasteiger partial charge in [-0.3, -0.25) is 9.48 Å². The molecule has 0 aliphatic heterocycles. The Labute approximate surface area is 123 Å². The molecule has 1 N–H and O–H groups in total. The summed E-state index contributed by atoms with van der Waals surface area (Å²) in [6, 6.07) is 3.12. The Hall–Kier alpha value is -2.09. The summed E-state index contributed by atoms with van der Waals surface area (Å²) in [6.07, 6.45) is 1.34. The van der Waals surface area contributed by atoms with Crippen molar-refractivity contribution >= 4 is 33.6 Å². The van der Waals surface area contributed by atoms with Crippen molar-refractivity contribution < 1.29 is 18.7 Å². The number of halogens is 1. The van der Waals surface area contributed by atoms with Crippen LogP contribution in [0.4, 0.5) is 5.82 Å². The van der Waals surface area contributed by atoms with Crippen molar-refractivity contribution in [3.63, 3.8) is 0 Å². The summed E-state index contributed by atoms with van der Waals surface area (Å²) >= 11 is 3.11. The van der Waals surface area contributed by atoms with Crippen LogP contribution in [0.15, 0.2) is 27.4 Å². The van der Waals surface area contributed by atoms with E-state index in [0.717, 1.165) is 0 Å². The van der Waals surface area contributed by atoms with E-state index in [2.05, 4.69) is 26.3 Å². The number of aryl methyl sites for hydroxylation is 1. The number of carbonyl (C=O) groups is 2. The minimum Gasteiger partial charge on any atom is -0.462 e. The van der Waals surface area contributed by atoms with E-state index in [1.165, 1.54) is 16.9 Å². The van der Waals surface area contributed by atoms with Gasteiger partial charge in [-0.05, 0) is 35.0 Å². The lowest BCUT2D eigenvalue weighted by Gasteiger charge is -2.06. The highest BCUT2D eigenvalue weighted by molar-refractivity contribution is 9.10. The number of esters is 1. The Morgan fingerprint density at radius 3 is 2.85 bits per heavy atom. The van der Waals surface area contributed by atoms with Gasteiger partial charge in [-0.1, -0.05) is 0 Å². The molecule has 2 aromatic heterocycles. The highest BCUT2D eigenvalue weighted by atomic mass is 79.9. The molecule has 0 fully saturated rings. The maximum atomic E-state index is 12.0. The number of rotatable bonds is 4. The van der Waals surface area contributed by atoms with Crippen molar-refractivity contribution in [3.05, 3.63) is 34.3 Å². The van der Waals surface area contributed by atoms with Crippen molar-refractivity contribution in [1.29, 1.82) is 0 Å². The number of anilines is 1. The lowest BCUT2D eigenvalue weighted by Crippen LogP contribution is -2.17. The van der Waals surface area contributed by atoms with Gasteiger partial charge in [0.25, 0.3) is 5.91 Å². The number of nitrogens with zero attached hydrogens (tertiary/aromatic N) is 2. The van der Waals surface area contributed by atoms with Gasteiger partial charge < -0.3 is 14.5 Å². The van der Waals surface area contributed by atoms with Gasteiger partial charge in [0.15, 0.2) is 10.4 Å². The molecule has 20 heavy (non-hydrogen) atoms. The van der Waals surface area contributed by atoms with Gasteiger partial charge in [0.1, 0.15) is 11.4 Å². The predicted molar refractivity (Wildman–Crippen MR) is 73.5 cm³/mol. The molecule has 1 amide bonds. The van der Waals surface area contributed by atoms with Crippen LogP contribution < -0.4 is 5.32 Å². The molecule has 0 aromatic carbocycles. The summed E-state index contributed by atoms with van der Waals surface area (Å²) < 4.78 is 11.9. The summed E-state index contributed by atoms with van der Waals surface area (Å²) in [5.74, 6) is -0.657. The van der Waals surface area contributed by atoms with E-state index in [1.807, 2.05) is 0 Å². The number of ether oxygens (including phenoxy) is 1. The number of carbonyl (C=O) groups excluding carboxylic acids is 2. The third-order valence-corrected chi connectivity index (χ3v) is 2.89. The fraction of sp³-hybridized carbons (Fsp3) is 0.250. The molecule has 0 aliphatic carbocycles. The molecule has 0 spiro atoms. The van der Waals surface area contributed by atoms with Crippen LogP contribution in [0, 0.1) is 0 Å². The first-order chi connectivity index (χ1) is 9.52. The van der Waals surface area contributed by atoms with Crippen molar-refractivity contribution in [1.82, 2.24) is 9.78 Å². The minimum atomic E-state index is -0.545. The lowest BCUT2D eigenvalue weighted by atomic mass is 10.3. The molecular weight excluding hydrogens is 330 g/mol. The number of nitrogens with one attached hydrogen (secondary N) is 1. The van der Waals surface area contributed by atoms with Gasteiger partial charge >= 0.3 is 5.97 Å². The van der Waals surface area contributed by atoms with Crippen molar-refractivity contribution in [2.45, 2.75) is 6.92 Å². The first-order valence-electron chi connectivity index (χ1n) is 5.78. The van der Waals surface area contributed by atoms with Crippen molar-refractivity contribution in [3.8, 4) is 0 Å². The minimum absolute atomic E-state index is 0.118. The fourth-order valence-corrected chi connectivity index (χ4v) is 1.86. The van der Waals surface area contributed by atoms with Gasteiger partial charge in [0.05, 0.1) is 12.8 Å². The first-order valence-corrected chi connectivity index (χ1v) is 6.58. The van der Waals surface area contributed by atoms with Crippen LogP contribution in [0.25, 0.3) is 0 Å². The van der Waals surface area contributed by atoms with Gasteiger partial charge in [-0.15, -0.1) is 0 Å². The standard InChI is InChI=1S/C12H12BrN3O4/c1-3-19-12(18)7-6-14-16(2)10(7)15-11(17)8-4-5-9(13)20-8/h4-6H,3H2,1-2H3,(H,15,17). The predicted octanol–water partition coefficient (Wildman–Crippen LogP) is 2.20.